The van der Waals surface area contributed by atoms with Gasteiger partial charge in [-0.3, -0.25) is 0 Å². The third-order valence-corrected chi connectivity index (χ3v) is 2.60. The highest BCUT2D eigenvalue weighted by Gasteiger charge is 2.17. The van der Waals surface area contributed by atoms with Crippen LogP contribution < -0.4 is 10.1 Å². The van der Waals surface area contributed by atoms with Gasteiger partial charge in [0.15, 0.2) is 0 Å². The van der Waals surface area contributed by atoms with Gasteiger partial charge in [-0.2, -0.15) is 0 Å². The minimum absolute atomic E-state index is 0.559. The van der Waals surface area contributed by atoms with Crippen molar-refractivity contribution in [1.82, 2.24) is 5.32 Å². The molecular weight excluding hydrogens is 162 g/mol. The number of nitrogens with one attached hydrogen (secondary N) is 1. The molecule has 1 N–H and O–H groups in total. The van der Waals surface area contributed by atoms with Crippen LogP contribution in [0.5, 0.6) is 5.75 Å². The fourth-order valence-corrected chi connectivity index (χ4v) is 1.86. The molecule has 13 heavy (non-hydrogen) atoms. The molecule has 0 saturated carbocycles. The van der Waals surface area contributed by atoms with Gasteiger partial charge in [-0.05, 0) is 25.0 Å². The summed E-state index contributed by atoms with van der Waals surface area (Å²) in [5.41, 5.74) is 2.74. The first-order chi connectivity index (χ1) is 6.31. The normalized spacial score (nSPS) is 20.9. The van der Waals surface area contributed by atoms with Crippen LogP contribution in [-0.4, -0.2) is 13.2 Å². The molecule has 2 rings (SSSR count). The van der Waals surface area contributed by atoms with Crippen molar-refractivity contribution in [3.63, 3.8) is 0 Å². The first-order valence-corrected chi connectivity index (χ1v) is 4.69. The third-order valence-electron chi connectivity index (χ3n) is 2.60. The molecule has 1 aliphatic heterocycles. The van der Waals surface area contributed by atoms with Gasteiger partial charge in [-0.25, -0.2) is 0 Å². The minimum atomic E-state index is 0.559. The number of hydrogen-bond donors (Lipinski definition) is 1. The second kappa shape index (κ2) is 3.38. The van der Waals surface area contributed by atoms with Crippen molar-refractivity contribution in [1.29, 1.82) is 0 Å². The maximum Gasteiger partial charge on any atom is 0.122 e. The van der Waals surface area contributed by atoms with E-state index in [1.165, 1.54) is 11.1 Å². The third kappa shape index (κ3) is 1.54. The van der Waals surface area contributed by atoms with Crippen molar-refractivity contribution in [3.05, 3.63) is 29.3 Å². The number of rotatable bonds is 1. The number of hydrogen-bond acceptors (Lipinski definition) is 2. The lowest BCUT2D eigenvalue weighted by atomic mass is 9.96. The van der Waals surface area contributed by atoms with Crippen molar-refractivity contribution in [2.24, 2.45) is 0 Å². The lowest BCUT2D eigenvalue weighted by molar-refractivity contribution is 0.399. The number of benzene rings is 1. The van der Waals surface area contributed by atoms with Crippen LogP contribution >= 0.6 is 0 Å². The van der Waals surface area contributed by atoms with Crippen molar-refractivity contribution in [3.8, 4) is 5.75 Å². The summed E-state index contributed by atoms with van der Waals surface area (Å²) in [6.07, 6.45) is 1.07. The van der Waals surface area contributed by atoms with Crippen molar-refractivity contribution in [2.75, 3.05) is 7.11 Å². The van der Waals surface area contributed by atoms with Crippen molar-refractivity contribution >= 4 is 0 Å². The first-order valence-electron chi connectivity index (χ1n) is 4.69. The standard InChI is InChI=1S/C11H15NO/c1-8-6-10-9(7-12-8)4-3-5-11(10)13-2/h3-5,8,12H,6-7H2,1-2H3/t8-/m0/s1. The van der Waals surface area contributed by atoms with Crippen LogP contribution in [0.2, 0.25) is 0 Å². The summed E-state index contributed by atoms with van der Waals surface area (Å²) in [6.45, 7) is 3.17. The van der Waals surface area contributed by atoms with Crippen LogP contribution in [0, 0.1) is 0 Å². The van der Waals surface area contributed by atoms with E-state index in [0.717, 1.165) is 18.7 Å². The Kier molecular flexibility index (Phi) is 2.23. The molecule has 1 heterocycles. The second-order valence-corrected chi connectivity index (χ2v) is 3.58. The quantitative estimate of drug-likeness (QED) is 0.705. The average Bonchev–Trinajstić information content (AvgIpc) is 2.17. The monoisotopic (exact) mass is 177 g/mol. The molecule has 0 aromatic heterocycles. The molecule has 2 nitrogen and oxygen atoms in total. The van der Waals surface area contributed by atoms with Gasteiger partial charge < -0.3 is 10.1 Å². The Morgan fingerprint density at radius 3 is 3.08 bits per heavy atom. The molecule has 0 fully saturated rings. The summed E-state index contributed by atoms with van der Waals surface area (Å²) in [5, 5.41) is 3.43. The summed E-state index contributed by atoms with van der Waals surface area (Å²) in [7, 11) is 1.74. The Morgan fingerprint density at radius 2 is 2.31 bits per heavy atom. The van der Waals surface area contributed by atoms with E-state index in [-0.39, 0.29) is 0 Å². The topological polar surface area (TPSA) is 21.3 Å². The predicted molar refractivity (Wildman–Crippen MR) is 53.0 cm³/mol. The van der Waals surface area contributed by atoms with E-state index in [0.29, 0.717) is 6.04 Å². The zero-order chi connectivity index (χ0) is 9.26. The van der Waals surface area contributed by atoms with Gasteiger partial charge in [-0.15, -0.1) is 0 Å². The lowest BCUT2D eigenvalue weighted by Gasteiger charge is -2.24. The number of ether oxygens (including phenoxy) is 1. The maximum absolute atomic E-state index is 5.33. The summed E-state index contributed by atoms with van der Waals surface area (Å²) in [6, 6.07) is 6.81. The van der Waals surface area contributed by atoms with Crippen molar-refractivity contribution < 1.29 is 4.74 Å². The highest BCUT2D eigenvalue weighted by molar-refractivity contribution is 5.42. The SMILES string of the molecule is COc1cccc2c1C[C@H](C)NC2. The molecule has 0 saturated heterocycles. The molecule has 70 valence electrons. The molecule has 0 radical (unpaired) electrons. The van der Waals surface area contributed by atoms with Gasteiger partial charge in [0.05, 0.1) is 7.11 Å². The predicted octanol–water partition coefficient (Wildman–Crippen LogP) is 1.73. The van der Waals surface area contributed by atoms with E-state index in [1.807, 2.05) is 6.07 Å². The molecule has 2 heteroatoms. The van der Waals surface area contributed by atoms with Gasteiger partial charge >= 0.3 is 0 Å². The molecular formula is C11H15NO. The molecule has 1 atom stereocenters. The van der Waals surface area contributed by atoms with Crippen LogP contribution in [-0.2, 0) is 13.0 Å². The molecule has 1 aromatic rings. The second-order valence-electron chi connectivity index (χ2n) is 3.58. The number of methoxy groups -OCH3 is 1. The van der Waals surface area contributed by atoms with Crippen LogP contribution in [0.4, 0.5) is 0 Å². The largest absolute Gasteiger partial charge is 0.496 e. The van der Waals surface area contributed by atoms with Gasteiger partial charge in [0.2, 0.25) is 0 Å². The van der Waals surface area contributed by atoms with Gasteiger partial charge in [0, 0.05) is 18.2 Å². The first kappa shape index (κ1) is 8.57. The number of fused-ring (bicyclic) bond motifs is 1. The molecule has 1 aromatic carbocycles. The molecule has 1 aliphatic rings. The van der Waals surface area contributed by atoms with Gasteiger partial charge in [-0.1, -0.05) is 12.1 Å². The molecule has 0 aliphatic carbocycles. The lowest BCUT2D eigenvalue weighted by Crippen LogP contribution is -2.32. The van der Waals surface area contributed by atoms with Gasteiger partial charge in [0.1, 0.15) is 5.75 Å². The Balaban J connectivity index is 2.41. The Bertz CT molecular complexity index is 295. The van der Waals surface area contributed by atoms with Crippen LogP contribution in [0.3, 0.4) is 0 Å². The highest BCUT2D eigenvalue weighted by Crippen LogP contribution is 2.26. The zero-order valence-corrected chi connectivity index (χ0v) is 8.13. The molecule has 0 unspecified atom stereocenters. The fourth-order valence-electron chi connectivity index (χ4n) is 1.86. The van der Waals surface area contributed by atoms with Crippen molar-refractivity contribution in [2.45, 2.75) is 25.9 Å². The summed E-state index contributed by atoms with van der Waals surface area (Å²) < 4.78 is 5.33. The van der Waals surface area contributed by atoms with E-state index in [2.05, 4.69) is 24.4 Å². The molecule has 0 spiro atoms. The zero-order valence-electron chi connectivity index (χ0n) is 8.13. The van der Waals surface area contributed by atoms with Gasteiger partial charge in [0.25, 0.3) is 0 Å². The Hall–Kier alpha value is -1.02. The highest BCUT2D eigenvalue weighted by atomic mass is 16.5. The maximum atomic E-state index is 5.33. The molecule has 0 amide bonds. The minimum Gasteiger partial charge on any atom is -0.496 e. The average molecular weight is 177 g/mol. The molecule has 0 bridgehead atoms. The summed E-state index contributed by atoms with van der Waals surface area (Å²) in [5.74, 6) is 1.03. The van der Waals surface area contributed by atoms with Crippen LogP contribution in [0.15, 0.2) is 18.2 Å². The van der Waals surface area contributed by atoms with Crippen LogP contribution in [0.1, 0.15) is 18.1 Å². The van der Waals surface area contributed by atoms with E-state index in [1.54, 1.807) is 7.11 Å². The van der Waals surface area contributed by atoms with E-state index < -0.39 is 0 Å². The Labute approximate surface area is 78.9 Å². The summed E-state index contributed by atoms with van der Waals surface area (Å²) in [4.78, 5) is 0. The Morgan fingerprint density at radius 1 is 1.46 bits per heavy atom. The van der Waals surface area contributed by atoms with E-state index in [9.17, 15) is 0 Å². The smallest absolute Gasteiger partial charge is 0.122 e. The van der Waals surface area contributed by atoms with E-state index >= 15 is 0 Å². The summed E-state index contributed by atoms with van der Waals surface area (Å²) >= 11 is 0. The fraction of sp³-hybridized carbons (Fsp3) is 0.455. The van der Waals surface area contributed by atoms with E-state index in [4.69, 9.17) is 4.74 Å². The van der Waals surface area contributed by atoms with Crippen LogP contribution in [0.25, 0.3) is 0 Å².